The van der Waals surface area contributed by atoms with Crippen LogP contribution in [0.5, 0.6) is 0 Å². The molecular weight excluding hydrogens is 378 g/mol. The third-order valence-electron chi connectivity index (χ3n) is 4.96. The molecule has 0 aliphatic heterocycles. The van der Waals surface area contributed by atoms with Gasteiger partial charge in [-0.15, -0.1) is 0 Å². The van der Waals surface area contributed by atoms with Gasteiger partial charge in [0.1, 0.15) is 0 Å². The topological polar surface area (TPSA) is 73.2 Å². The smallest absolute Gasteiger partial charge is 0.331 e. The van der Waals surface area contributed by atoms with Crippen molar-refractivity contribution in [2.45, 2.75) is 27.7 Å². The quantitative estimate of drug-likeness (QED) is 0.492. The van der Waals surface area contributed by atoms with E-state index in [0.717, 1.165) is 33.8 Å². The van der Waals surface area contributed by atoms with E-state index in [9.17, 15) is 9.59 Å². The van der Waals surface area contributed by atoms with Crippen molar-refractivity contribution in [1.29, 1.82) is 0 Å². The van der Waals surface area contributed by atoms with Crippen molar-refractivity contribution >= 4 is 23.6 Å². The number of carbonyl (C=O) groups excluding carboxylic acids is 2. The summed E-state index contributed by atoms with van der Waals surface area (Å²) in [6.45, 7) is 7.38. The second-order valence-corrected chi connectivity index (χ2v) is 7.07. The zero-order valence-electron chi connectivity index (χ0n) is 17.6. The number of carbonyl (C=O) groups is 2. The van der Waals surface area contributed by atoms with Crippen LogP contribution in [0.4, 0.5) is 5.69 Å². The summed E-state index contributed by atoms with van der Waals surface area (Å²) in [5.41, 5.74) is 6.28. The fourth-order valence-electron chi connectivity index (χ4n) is 3.13. The van der Waals surface area contributed by atoms with Crippen LogP contribution >= 0.6 is 0 Å². The van der Waals surface area contributed by atoms with Crippen LogP contribution in [0.25, 0.3) is 11.8 Å². The normalized spacial score (nSPS) is 10.9. The number of rotatable bonds is 6. The van der Waals surface area contributed by atoms with Crippen LogP contribution in [-0.2, 0) is 14.3 Å². The highest BCUT2D eigenvalue weighted by Gasteiger charge is 2.12. The summed E-state index contributed by atoms with van der Waals surface area (Å²) in [6.07, 6.45) is 2.99. The second-order valence-electron chi connectivity index (χ2n) is 7.07. The van der Waals surface area contributed by atoms with Gasteiger partial charge in [-0.25, -0.2) is 9.48 Å². The average Bonchev–Trinajstić information content (AvgIpc) is 3.02. The molecule has 0 bridgehead atoms. The third-order valence-corrected chi connectivity index (χ3v) is 4.96. The minimum Gasteiger partial charge on any atom is -0.452 e. The molecule has 30 heavy (non-hydrogen) atoms. The van der Waals surface area contributed by atoms with E-state index in [2.05, 4.69) is 10.4 Å². The molecule has 154 valence electrons. The van der Waals surface area contributed by atoms with Gasteiger partial charge in [-0.2, -0.15) is 5.10 Å². The number of ether oxygens (including phenoxy) is 1. The fraction of sp³-hybridized carbons (Fsp3) is 0.208. The molecule has 0 atom stereocenters. The van der Waals surface area contributed by atoms with Crippen LogP contribution in [0.1, 0.15) is 28.1 Å². The van der Waals surface area contributed by atoms with Gasteiger partial charge in [0.25, 0.3) is 5.91 Å². The number of aromatic nitrogens is 2. The molecule has 0 spiro atoms. The molecule has 1 aromatic heterocycles. The Morgan fingerprint density at radius 2 is 1.77 bits per heavy atom. The number of nitrogens with zero attached hydrogens (tertiary/aromatic N) is 2. The Kier molecular flexibility index (Phi) is 6.47. The lowest BCUT2D eigenvalue weighted by Crippen LogP contribution is -2.20. The number of para-hydroxylation sites is 1. The van der Waals surface area contributed by atoms with Crippen LogP contribution in [-0.4, -0.2) is 28.3 Å². The van der Waals surface area contributed by atoms with Crippen molar-refractivity contribution in [2.75, 3.05) is 11.9 Å². The number of anilines is 1. The largest absolute Gasteiger partial charge is 0.452 e. The van der Waals surface area contributed by atoms with Crippen LogP contribution in [0, 0.1) is 27.7 Å². The summed E-state index contributed by atoms with van der Waals surface area (Å²) in [6, 6.07) is 15.4. The molecule has 2 aromatic carbocycles. The highest BCUT2D eigenvalue weighted by molar-refractivity contribution is 5.95. The van der Waals surface area contributed by atoms with E-state index in [0.29, 0.717) is 5.69 Å². The summed E-state index contributed by atoms with van der Waals surface area (Å²) in [5, 5.41) is 7.31. The monoisotopic (exact) mass is 403 g/mol. The van der Waals surface area contributed by atoms with Crippen molar-refractivity contribution in [1.82, 2.24) is 9.78 Å². The molecule has 0 saturated carbocycles. The lowest BCUT2D eigenvalue weighted by Gasteiger charge is -2.10. The number of hydrogen-bond donors (Lipinski definition) is 1. The van der Waals surface area contributed by atoms with Gasteiger partial charge >= 0.3 is 5.97 Å². The van der Waals surface area contributed by atoms with Crippen molar-refractivity contribution in [3.05, 3.63) is 82.7 Å². The van der Waals surface area contributed by atoms with Gasteiger partial charge in [-0.3, -0.25) is 4.79 Å². The third kappa shape index (κ3) is 4.84. The summed E-state index contributed by atoms with van der Waals surface area (Å²) >= 11 is 0. The predicted molar refractivity (Wildman–Crippen MR) is 118 cm³/mol. The standard InChI is InChI=1S/C24H25N3O3/c1-16-9-8-12-22(17(16)2)25-23(28)15-30-24(29)14-13-21-18(3)26-27(19(21)4)20-10-6-5-7-11-20/h5-14H,15H2,1-4H3,(H,25,28)/b14-13+. The van der Waals surface area contributed by atoms with Crippen molar-refractivity contribution < 1.29 is 14.3 Å². The lowest BCUT2D eigenvalue weighted by molar-refractivity contribution is -0.142. The molecule has 0 fully saturated rings. The Morgan fingerprint density at radius 1 is 1.03 bits per heavy atom. The molecule has 1 N–H and O–H groups in total. The predicted octanol–water partition coefficient (Wildman–Crippen LogP) is 4.30. The van der Waals surface area contributed by atoms with E-state index in [1.807, 2.05) is 80.9 Å². The van der Waals surface area contributed by atoms with Crippen LogP contribution in [0.2, 0.25) is 0 Å². The molecule has 6 heteroatoms. The average molecular weight is 403 g/mol. The van der Waals surface area contributed by atoms with E-state index in [4.69, 9.17) is 4.74 Å². The molecule has 0 aliphatic rings. The van der Waals surface area contributed by atoms with Gasteiger partial charge in [0.05, 0.1) is 11.4 Å². The molecule has 1 heterocycles. The minimum absolute atomic E-state index is 0.349. The minimum atomic E-state index is -0.586. The molecule has 0 radical (unpaired) electrons. The van der Waals surface area contributed by atoms with E-state index in [-0.39, 0.29) is 12.5 Å². The Labute approximate surface area is 176 Å². The van der Waals surface area contributed by atoms with Crippen molar-refractivity contribution in [3.63, 3.8) is 0 Å². The number of aryl methyl sites for hydroxylation is 2. The Morgan fingerprint density at radius 3 is 2.50 bits per heavy atom. The van der Waals surface area contributed by atoms with Gasteiger partial charge in [0.15, 0.2) is 6.61 Å². The van der Waals surface area contributed by atoms with Crippen LogP contribution < -0.4 is 5.32 Å². The van der Waals surface area contributed by atoms with Gasteiger partial charge < -0.3 is 10.1 Å². The molecule has 1 amide bonds. The lowest BCUT2D eigenvalue weighted by atomic mass is 10.1. The highest BCUT2D eigenvalue weighted by Crippen LogP contribution is 2.19. The van der Waals surface area contributed by atoms with E-state index >= 15 is 0 Å². The summed E-state index contributed by atoms with van der Waals surface area (Å²) < 4.78 is 6.91. The van der Waals surface area contributed by atoms with E-state index in [1.165, 1.54) is 6.08 Å². The number of nitrogens with one attached hydrogen (secondary N) is 1. The first-order chi connectivity index (χ1) is 14.4. The maximum Gasteiger partial charge on any atom is 0.331 e. The maximum atomic E-state index is 12.1. The van der Waals surface area contributed by atoms with Gasteiger partial charge in [0, 0.05) is 23.0 Å². The first kappa shape index (κ1) is 21.0. The highest BCUT2D eigenvalue weighted by atomic mass is 16.5. The van der Waals surface area contributed by atoms with Crippen molar-refractivity contribution in [2.24, 2.45) is 0 Å². The molecular formula is C24H25N3O3. The molecule has 3 aromatic rings. The number of benzene rings is 2. The van der Waals surface area contributed by atoms with Crippen LogP contribution in [0.3, 0.4) is 0 Å². The van der Waals surface area contributed by atoms with Gasteiger partial charge in [-0.1, -0.05) is 30.3 Å². The molecule has 0 saturated heterocycles. The zero-order chi connectivity index (χ0) is 21.7. The van der Waals surface area contributed by atoms with Crippen LogP contribution in [0.15, 0.2) is 54.6 Å². The Bertz CT molecular complexity index is 1100. The summed E-state index contributed by atoms with van der Waals surface area (Å²) in [7, 11) is 0. The van der Waals surface area contributed by atoms with Gasteiger partial charge in [-0.05, 0) is 63.1 Å². The van der Waals surface area contributed by atoms with E-state index in [1.54, 1.807) is 6.08 Å². The second kappa shape index (κ2) is 9.22. The first-order valence-electron chi connectivity index (χ1n) is 9.69. The number of amides is 1. The fourth-order valence-corrected chi connectivity index (χ4v) is 3.13. The van der Waals surface area contributed by atoms with E-state index < -0.39 is 5.97 Å². The van der Waals surface area contributed by atoms with Gasteiger partial charge in [0.2, 0.25) is 0 Å². The zero-order valence-corrected chi connectivity index (χ0v) is 17.6. The van der Waals surface area contributed by atoms with Crippen molar-refractivity contribution in [3.8, 4) is 5.69 Å². The Hall–Kier alpha value is -3.67. The first-order valence-corrected chi connectivity index (χ1v) is 9.69. The number of esters is 1. The molecule has 0 aliphatic carbocycles. The molecule has 0 unspecified atom stereocenters. The molecule has 6 nitrogen and oxygen atoms in total. The SMILES string of the molecule is Cc1cccc(NC(=O)COC(=O)/C=C/c2c(C)nn(-c3ccccc3)c2C)c1C. The summed E-state index contributed by atoms with van der Waals surface area (Å²) in [4.78, 5) is 24.2. The number of hydrogen-bond acceptors (Lipinski definition) is 4. The maximum absolute atomic E-state index is 12.1. The molecule has 3 rings (SSSR count). The Balaban J connectivity index is 1.61. The summed E-state index contributed by atoms with van der Waals surface area (Å²) in [5.74, 6) is -0.966.